The Balaban J connectivity index is 1.21. The van der Waals surface area contributed by atoms with Crippen LogP contribution in [0.5, 0.6) is 0 Å². The zero-order chi connectivity index (χ0) is 30.7. The van der Waals surface area contributed by atoms with Crippen LogP contribution in [0.2, 0.25) is 0 Å². The van der Waals surface area contributed by atoms with E-state index in [1.54, 1.807) is 12.3 Å². The van der Waals surface area contributed by atoms with Crippen molar-refractivity contribution in [3.05, 3.63) is 82.7 Å². The molecule has 44 heavy (non-hydrogen) atoms. The first-order valence-corrected chi connectivity index (χ1v) is 16.9. The molecule has 0 saturated heterocycles. The number of aromatic nitrogens is 3. The third kappa shape index (κ3) is 4.01. The van der Waals surface area contributed by atoms with Crippen LogP contribution in [-0.4, -0.2) is 41.3 Å². The third-order valence-corrected chi connectivity index (χ3v) is 12.2. The second-order valence-corrected chi connectivity index (χ2v) is 16.2. The molecule has 7 nitrogen and oxygen atoms in total. The largest absolute Gasteiger partial charge is 0.331 e. The van der Waals surface area contributed by atoms with Gasteiger partial charge < -0.3 is 9.47 Å². The Morgan fingerprint density at radius 1 is 1.07 bits per heavy atom. The van der Waals surface area contributed by atoms with Gasteiger partial charge >= 0.3 is 0 Å². The second kappa shape index (κ2) is 9.54. The predicted molar refractivity (Wildman–Crippen MR) is 170 cm³/mol. The quantitative estimate of drug-likeness (QED) is 0.266. The maximum Gasteiger partial charge on any atom is 0.254 e. The number of halogens is 1. The lowest BCUT2D eigenvalue weighted by atomic mass is 9.66. The van der Waals surface area contributed by atoms with Crippen LogP contribution in [0.1, 0.15) is 111 Å². The molecule has 228 valence electrons. The summed E-state index contributed by atoms with van der Waals surface area (Å²) < 4.78 is 34.2. The highest BCUT2D eigenvalue weighted by molar-refractivity contribution is 7.84. The number of fused-ring (bicyclic) bond motifs is 9. The van der Waals surface area contributed by atoms with Gasteiger partial charge in [-0.1, -0.05) is 25.1 Å². The van der Waals surface area contributed by atoms with Crippen molar-refractivity contribution in [1.29, 1.82) is 0 Å². The highest BCUT2D eigenvalue weighted by Gasteiger charge is 2.50. The average molecular weight is 612 g/mol. The van der Waals surface area contributed by atoms with Crippen molar-refractivity contribution in [3.63, 3.8) is 0 Å². The summed E-state index contributed by atoms with van der Waals surface area (Å²) in [6.45, 7) is 7.82. The van der Waals surface area contributed by atoms with Gasteiger partial charge in [-0.2, -0.15) is 0 Å². The number of benzene rings is 2. The van der Waals surface area contributed by atoms with Crippen LogP contribution in [-0.2, 0) is 16.5 Å². The number of carbonyl (C=O) groups excluding carboxylic acids is 1. The van der Waals surface area contributed by atoms with Crippen molar-refractivity contribution >= 4 is 27.9 Å². The Hall–Kier alpha value is -3.43. The molecule has 4 heterocycles. The second-order valence-electron chi connectivity index (χ2n) is 14.3. The molecule has 1 N–H and O–H groups in total. The molecular weight excluding hydrogens is 573 g/mol. The molecule has 2 bridgehead atoms. The molecule has 8 rings (SSSR count). The minimum Gasteiger partial charge on any atom is -0.331 e. The van der Waals surface area contributed by atoms with E-state index in [-0.39, 0.29) is 29.7 Å². The molecule has 1 unspecified atom stereocenters. The first kappa shape index (κ1) is 28.1. The van der Waals surface area contributed by atoms with Gasteiger partial charge in [0.2, 0.25) is 0 Å². The first-order chi connectivity index (χ1) is 21.0. The van der Waals surface area contributed by atoms with Gasteiger partial charge in [0.1, 0.15) is 11.6 Å². The summed E-state index contributed by atoms with van der Waals surface area (Å²) >= 11 is 0. The number of nitrogens with zero attached hydrogens (tertiary/aromatic N) is 4. The Labute approximate surface area is 259 Å². The van der Waals surface area contributed by atoms with E-state index in [4.69, 9.17) is 4.98 Å². The summed E-state index contributed by atoms with van der Waals surface area (Å²) in [5, 5.41) is 0. The predicted octanol–water partition coefficient (Wildman–Crippen LogP) is 6.91. The molecular formula is C35H38FN5O2S. The number of pyridine rings is 1. The van der Waals surface area contributed by atoms with Crippen LogP contribution in [0.3, 0.4) is 0 Å². The molecule has 2 saturated carbocycles. The molecule has 2 aromatic carbocycles. The molecule has 4 aliphatic rings. The maximum absolute atomic E-state index is 16.0. The van der Waals surface area contributed by atoms with E-state index in [1.165, 1.54) is 5.56 Å². The number of hydrogen-bond donors (Lipinski definition) is 1. The Morgan fingerprint density at radius 3 is 2.52 bits per heavy atom. The number of carbonyl (C=O) groups is 1. The van der Waals surface area contributed by atoms with Crippen LogP contribution < -0.4 is 4.72 Å². The van der Waals surface area contributed by atoms with Crippen molar-refractivity contribution in [3.8, 4) is 11.1 Å². The van der Waals surface area contributed by atoms with Crippen molar-refractivity contribution in [2.75, 3.05) is 7.05 Å². The fraction of sp³-hybridized carbons (Fsp3) is 0.457. The molecule has 1 amide bonds. The highest BCUT2D eigenvalue weighted by Crippen LogP contribution is 2.52. The summed E-state index contributed by atoms with van der Waals surface area (Å²) in [5.41, 5.74) is 6.24. The maximum atomic E-state index is 16.0. The van der Waals surface area contributed by atoms with E-state index < -0.39 is 21.3 Å². The van der Waals surface area contributed by atoms with E-state index in [9.17, 15) is 9.00 Å². The van der Waals surface area contributed by atoms with Gasteiger partial charge in [-0.3, -0.25) is 9.78 Å². The van der Waals surface area contributed by atoms with Gasteiger partial charge in [0.15, 0.2) is 0 Å². The highest BCUT2D eigenvalue weighted by atomic mass is 32.2. The fourth-order valence-corrected chi connectivity index (χ4v) is 8.63. The van der Waals surface area contributed by atoms with Gasteiger partial charge in [-0.15, -0.1) is 0 Å². The topological polar surface area (TPSA) is 80.1 Å². The van der Waals surface area contributed by atoms with Crippen LogP contribution >= 0.6 is 0 Å². The molecule has 2 fully saturated rings. The Morgan fingerprint density at radius 2 is 1.86 bits per heavy atom. The van der Waals surface area contributed by atoms with E-state index in [1.807, 2.05) is 57.0 Å². The summed E-state index contributed by atoms with van der Waals surface area (Å²) in [7, 11) is 0.536. The standard InChI is InChI=1S/C35H38FN5O2S/c1-19-13-14-35(19,39-44(43)34(2,3)4)31-25(36)15-22(18-37-31)21-11-12-26-27(16-21)41-28-17-29(32(41)38-26)40(5)33(42)24-8-6-7-23(30(24)28)20-9-10-20/h6-8,11-12,15-16,18-20,28-29,39H,9-10,13-14,17H2,1-5H3/t19-,28+,29+,35+,44?/m0/s1. The summed E-state index contributed by atoms with van der Waals surface area (Å²) in [6.07, 6.45) is 6.48. The average Bonchev–Trinajstić information content (AvgIpc) is 3.71. The smallest absolute Gasteiger partial charge is 0.254 e. The van der Waals surface area contributed by atoms with Crippen LogP contribution in [0.15, 0.2) is 48.7 Å². The lowest BCUT2D eigenvalue weighted by Crippen LogP contribution is -2.58. The van der Waals surface area contributed by atoms with Gasteiger partial charge in [-0.05, 0) is 99.2 Å². The van der Waals surface area contributed by atoms with Crippen molar-refractivity contribution in [2.24, 2.45) is 5.92 Å². The molecule has 2 aromatic heterocycles. The number of imidazole rings is 1. The van der Waals surface area contributed by atoms with Crippen molar-refractivity contribution < 1.29 is 13.4 Å². The SMILES string of the molecule is C[C@H]1CC[C@]1(NS(=O)C(C)(C)C)c1ncc(-c2ccc3nc4n(c3c2)[C@@H]2C[C@H]4N(C)C(=O)c3cccc(C4CC4)c32)cc1F. The normalized spacial score (nSPS) is 26.7. The van der Waals surface area contributed by atoms with E-state index in [0.717, 1.165) is 59.2 Å². The molecule has 0 spiro atoms. The van der Waals surface area contributed by atoms with Crippen molar-refractivity contribution in [2.45, 2.75) is 88.1 Å². The minimum atomic E-state index is -1.35. The molecule has 9 heteroatoms. The molecule has 2 aliphatic heterocycles. The summed E-state index contributed by atoms with van der Waals surface area (Å²) in [5.74, 6) is 1.21. The zero-order valence-corrected chi connectivity index (χ0v) is 26.7. The fourth-order valence-electron chi connectivity index (χ4n) is 7.59. The summed E-state index contributed by atoms with van der Waals surface area (Å²) in [4.78, 5) is 25.2. The lowest BCUT2D eigenvalue weighted by Gasteiger charge is -2.48. The molecule has 2 aliphatic carbocycles. The molecule has 4 aromatic rings. The zero-order valence-electron chi connectivity index (χ0n) is 25.9. The molecule has 5 atom stereocenters. The van der Waals surface area contributed by atoms with E-state index in [0.29, 0.717) is 23.6 Å². The van der Waals surface area contributed by atoms with Gasteiger partial charge in [-0.25, -0.2) is 18.3 Å². The Bertz CT molecular complexity index is 1890. The monoisotopic (exact) mass is 611 g/mol. The first-order valence-electron chi connectivity index (χ1n) is 15.8. The van der Waals surface area contributed by atoms with Crippen LogP contribution in [0, 0.1) is 11.7 Å². The number of amides is 1. The number of rotatable bonds is 5. The van der Waals surface area contributed by atoms with Crippen LogP contribution in [0.25, 0.3) is 22.2 Å². The minimum absolute atomic E-state index is 0.0166. The Kier molecular flexibility index (Phi) is 6.08. The van der Waals surface area contributed by atoms with E-state index in [2.05, 4.69) is 33.3 Å². The lowest BCUT2D eigenvalue weighted by molar-refractivity contribution is 0.0734. The van der Waals surface area contributed by atoms with E-state index >= 15 is 4.39 Å². The van der Waals surface area contributed by atoms with Gasteiger partial charge in [0.05, 0.1) is 50.1 Å². The number of nitrogens with one attached hydrogen (secondary N) is 1. The number of hydrogen-bond acceptors (Lipinski definition) is 4. The van der Waals surface area contributed by atoms with Crippen molar-refractivity contribution in [1.82, 2.24) is 24.2 Å². The molecule has 0 radical (unpaired) electrons. The van der Waals surface area contributed by atoms with Gasteiger partial charge in [0, 0.05) is 30.8 Å². The van der Waals surface area contributed by atoms with Crippen LogP contribution in [0.4, 0.5) is 4.39 Å². The van der Waals surface area contributed by atoms with Gasteiger partial charge in [0.25, 0.3) is 5.91 Å². The third-order valence-electron chi connectivity index (χ3n) is 10.5. The summed E-state index contributed by atoms with van der Waals surface area (Å²) in [6, 6.07) is 13.7.